The summed E-state index contributed by atoms with van der Waals surface area (Å²) < 4.78 is 11.3. The van der Waals surface area contributed by atoms with Crippen molar-refractivity contribution in [1.82, 2.24) is 25.5 Å². The summed E-state index contributed by atoms with van der Waals surface area (Å²) in [6.45, 7) is 5.15. The number of nitrogens with zero attached hydrogens (tertiary/aromatic N) is 3. The van der Waals surface area contributed by atoms with Crippen LogP contribution in [-0.4, -0.2) is 45.1 Å². The lowest BCUT2D eigenvalue weighted by Gasteiger charge is -2.34. The first-order valence-corrected chi connectivity index (χ1v) is 12.4. The zero-order valence-corrected chi connectivity index (χ0v) is 20.8. The third-order valence-corrected chi connectivity index (χ3v) is 6.87. The molecule has 0 bridgehead atoms. The lowest BCUT2D eigenvalue weighted by atomic mass is 9.86. The molecule has 0 saturated carbocycles. The van der Waals surface area contributed by atoms with Crippen molar-refractivity contribution in [3.8, 4) is 5.75 Å². The van der Waals surface area contributed by atoms with Crippen LogP contribution in [0.3, 0.4) is 0 Å². The quantitative estimate of drug-likeness (QED) is 0.286. The summed E-state index contributed by atoms with van der Waals surface area (Å²) in [5.74, 6) is 2.20. The van der Waals surface area contributed by atoms with E-state index < -0.39 is 0 Å². The van der Waals surface area contributed by atoms with Crippen LogP contribution in [0, 0.1) is 0 Å². The fourth-order valence-electron chi connectivity index (χ4n) is 5.05. The van der Waals surface area contributed by atoms with Gasteiger partial charge in [-0.25, -0.2) is 9.97 Å². The molecule has 8 heteroatoms. The van der Waals surface area contributed by atoms with Gasteiger partial charge in [0.05, 0.1) is 30.9 Å². The van der Waals surface area contributed by atoms with Crippen LogP contribution in [0.15, 0.2) is 60.8 Å². The van der Waals surface area contributed by atoms with Gasteiger partial charge in [-0.1, -0.05) is 31.6 Å². The number of fused-ring (bicyclic) bond motifs is 2. The van der Waals surface area contributed by atoms with Crippen molar-refractivity contribution in [2.75, 3.05) is 19.0 Å². The third kappa shape index (κ3) is 4.34. The van der Waals surface area contributed by atoms with E-state index in [4.69, 9.17) is 19.4 Å². The van der Waals surface area contributed by atoms with Crippen LogP contribution in [0.1, 0.15) is 38.9 Å². The molecule has 2 aliphatic rings. The number of aromatic nitrogens is 4. The van der Waals surface area contributed by atoms with Gasteiger partial charge in [0.1, 0.15) is 17.3 Å². The highest BCUT2D eigenvalue weighted by atomic mass is 16.6. The van der Waals surface area contributed by atoms with Gasteiger partial charge in [-0.2, -0.15) is 5.10 Å². The Morgan fingerprint density at radius 3 is 2.86 bits per heavy atom. The zero-order valence-electron chi connectivity index (χ0n) is 20.8. The molecule has 2 aromatic carbocycles. The van der Waals surface area contributed by atoms with Gasteiger partial charge in [-0.3, -0.25) is 10.4 Å². The summed E-state index contributed by atoms with van der Waals surface area (Å²) in [6, 6.07) is 12.0. The number of nitrogens with one attached hydrogen (secondary N) is 3. The molecule has 0 radical (unpaired) electrons. The standard InChI is InChI=1S/C28H30N6O2/c1-4-11-28(17-36-28)34-27(2)12-5-6-18(15-27)25-31-24-10-8-21(35-3)14-22(24)26(32-25)30-20-7-9-23-19(13-20)16-29-33-23/h5-10,12-14,16,34H,4,11,15,17H2,1-3H3,(H,29,33)(H,30,31,32). The molecule has 2 atom stereocenters. The van der Waals surface area contributed by atoms with Gasteiger partial charge in [0.15, 0.2) is 5.82 Å². The van der Waals surface area contributed by atoms with E-state index in [1.54, 1.807) is 7.11 Å². The number of allylic oxidation sites excluding steroid dienone is 2. The number of aromatic amines is 1. The SMILES string of the molecule is CCCC1(NC2(C)C=CC=C(c3nc(Nc4ccc5[nH]ncc5c4)c4cc(OC)ccc4n3)C2)CO1. The Bertz CT molecular complexity index is 1500. The molecule has 2 unspecified atom stereocenters. The molecular weight excluding hydrogens is 452 g/mol. The monoisotopic (exact) mass is 482 g/mol. The highest BCUT2D eigenvalue weighted by molar-refractivity contribution is 5.94. The maximum Gasteiger partial charge on any atom is 0.158 e. The molecule has 1 aliphatic heterocycles. The van der Waals surface area contributed by atoms with Gasteiger partial charge < -0.3 is 14.8 Å². The van der Waals surface area contributed by atoms with Gasteiger partial charge >= 0.3 is 0 Å². The summed E-state index contributed by atoms with van der Waals surface area (Å²) in [4.78, 5) is 9.96. The van der Waals surface area contributed by atoms with Crippen LogP contribution in [0.2, 0.25) is 0 Å². The highest BCUT2D eigenvalue weighted by Gasteiger charge is 2.48. The Balaban J connectivity index is 1.37. The molecule has 1 aliphatic carbocycles. The fraction of sp³-hybridized carbons (Fsp3) is 0.321. The minimum absolute atomic E-state index is 0.213. The fourth-order valence-corrected chi connectivity index (χ4v) is 5.05. The van der Waals surface area contributed by atoms with E-state index in [0.29, 0.717) is 5.82 Å². The molecule has 4 aromatic rings. The molecule has 3 N–H and O–H groups in total. The summed E-state index contributed by atoms with van der Waals surface area (Å²) in [5.41, 5.74) is 3.39. The van der Waals surface area contributed by atoms with Crippen molar-refractivity contribution in [2.45, 2.75) is 44.4 Å². The summed E-state index contributed by atoms with van der Waals surface area (Å²) in [7, 11) is 1.66. The lowest BCUT2D eigenvalue weighted by Crippen LogP contribution is -2.50. The topological polar surface area (TPSA) is 100 Å². The van der Waals surface area contributed by atoms with Gasteiger partial charge in [0, 0.05) is 22.0 Å². The van der Waals surface area contributed by atoms with Crippen molar-refractivity contribution >= 4 is 38.9 Å². The van der Waals surface area contributed by atoms with Gasteiger partial charge in [0.2, 0.25) is 0 Å². The van der Waals surface area contributed by atoms with E-state index in [1.165, 1.54) is 0 Å². The first-order valence-electron chi connectivity index (χ1n) is 12.4. The Morgan fingerprint density at radius 1 is 1.17 bits per heavy atom. The van der Waals surface area contributed by atoms with Crippen molar-refractivity contribution in [1.29, 1.82) is 0 Å². The van der Waals surface area contributed by atoms with E-state index in [0.717, 1.165) is 70.5 Å². The van der Waals surface area contributed by atoms with Gasteiger partial charge in [0.25, 0.3) is 0 Å². The Morgan fingerprint density at radius 2 is 2.06 bits per heavy atom. The van der Waals surface area contributed by atoms with Crippen LogP contribution in [0.25, 0.3) is 27.4 Å². The number of epoxide rings is 1. The van der Waals surface area contributed by atoms with Crippen LogP contribution < -0.4 is 15.4 Å². The number of hydrogen-bond acceptors (Lipinski definition) is 7. The van der Waals surface area contributed by atoms with E-state index in [9.17, 15) is 0 Å². The molecule has 8 nitrogen and oxygen atoms in total. The van der Waals surface area contributed by atoms with Crippen LogP contribution in [0.5, 0.6) is 5.75 Å². The predicted molar refractivity (Wildman–Crippen MR) is 142 cm³/mol. The highest BCUT2D eigenvalue weighted by Crippen LogP contribution is 2.37. The third-order valence-electron chi connectivity index (χ3n) is 6.87. The predicted octanol–water partition coefficient (Wildman–Crippen LogP) is 5.48. The van der Waals surface area contributed by atoms with Crippen LogP contribution in [-0.2, 0) is 4.74 Å². The summed E-state index contributed by atoms with van der Waals surface area (Å²) in [5, 5.41) is 16.3. The van der Waals surface area contributed by atoms with E-state index in [-0.39, 0.29) is 11.3 Å². The van der Waals surface area contributed by atoms with Crippen molar-refractivity contribution < 1.29 is 9.47 Å². The number of rotatable bonds is 8. The normalized spacial score (nSPS) is 23.1. The lowest BCUT2D eigenvalue weighted by molar-refractivity contribution is 0.198. The molecule has 184 valence electrons. The molecule has 2 aromatic heterocycles. The summed E-state index contributed by atoms with van der Waals surface area (Å²) in [6.07, 6.45) is 11.1. The van der Waals surface area contributed by atoms with Gasteiger partial charge in [-0.15, -0.1) is 0 Å². The zero-order chi connectivity index (χ0) is 24.8. The average Bonchev–Trinajstić information content (AvgIpc) is 3.45. The number of anilines is 2. The average molecular weight is 483 g/mol. The number of ether oxygens (including phenoxy) is 2. The molecule has 6 rings (SSSR count). The maximum atomic E-state index is 5.81. The Hall–Kier alpha value is -3.75. The van der Waals surface area contributed by atoms with Crippen molar-refractivity contribution in [2.24, 2.45) is 0 Å². The van der Waals surface area contributed by atoms with Crippen LogP contribution >= 0.6 is 0 Å². The molecule has 3 heterocycles. The summed E-state index contributed by atoms with van der Waals surface area (Å²) >= 11 is 0. The molecule has 1 fully saturated rings. The van der Waals surface area contributed by atoms with Crippen LogP contribution in [0.4, 0.5) is 11.5 Å². The second-order valence-electron chi connectivity index (χ2n) is 9.88. The van der Waals surface area contributed by atoms with Crippen molar-refractivity contribution in [3.63, 3.8) is 0 Å². The Kier molecular flexibility index (Phi) is 5.50. The Labute approximate surface area is 209 Å². The van der Waals surface area contributed by atoms with E-state index >= 15 is 0 Å². The number of H-pyrrole nitrogens is 1. The smallest absolute Gasteiger partial charge is 0.158 e. The van der Waals surface area contributed by atoms with E-state index in [1.807, 2.05) is 36.5 Å². The molecule has 1 saturated heterocycles. The number of hydrogen-bond donors (Lipinski definition) is 3. The molecule has 0 spiro atoms. The van der Waals surface area contributed by atoms with E-state index in [2.05, 4.69) is 59.0 Å². The second kappa shape index (κ2) is 8.72. The molecule has 36 heavy (non-hydrogen) atoms. The number of benzene rings is 2. The minimum atomic E-state index is -0.242. The second-order valence-corrected chi connectivity index (χ2v) is 9.88. The molecule has 0 amide bonds. The first kappa shape index (κ1) is 22.7. The minimum Gasteiger partial charge on any atom is -0.497 e. The van der Waals surface area contributed by atoms with Crippen molar-refractivity contribution in [3.05, 3.63) is 66.6 Å². The maximum absolute atomic E-state index is 5.81. The largest absolute Gasteiger partial charge is 0.497 e. The number of methoxy groups -OCH3 is 1. The first-order chi connectivity index (χ1) is 17.5. The van der Waals surface area contributed by atoms with Gasteiger partial charge in [-0.05, 0) is 61.7 Å². The molecular formula is C28H30N6O2.